The van der Waals surface area contributed by atoms with Gasteiger partial charge in [0.2, 0.25) is 0 Å². The quantitative estimate of drug-likeness (QED) is 0.847. The molecule has 1 aromatic rings. The Bertz CT molecular complexity index is 480. The van der Waals surface area contributed by atoms with Crippen LogP contribution in [0.5, 0.6) is 5.75 Å². The van der Waals surface area contributed by atoms with Gasteiger partial charge in [0.15, 0.2) is 6.10 Å². The first-order valence-electron chi connectivity index (χ1n) is 6.50. The predicted octanol–water partition coefficient (Wildman–Crippen LogP) is 2.79. The van der Waals surface area contributed by atoms with Crippen LogP contribution in [0.3, 0.4) is 0 Å². The molecular weight excluding hydrogens is 299 g/mol. The van der Waals surface area contributed by atoms with Crippen LogP contribution in [0.15, 0.2) is 12.1 Å². The van der Waals surface area contributed by atoms with E-state index in [2.05, 4.69) is 5.32 Å². The van der Waals surface area contributed by atoms with E-state index in [4.69, 9.17) is 33.7 Å². The van der Waals surface area contributed by atoms with Crippen molar-refractivity contribution in [3.63, 3.8) is 0 Å². The van der Waals surface area contributed by atoms with Gasteiger partial charge in [0, 0.05) is 18.1 Å². The summed E-state index contributed by atoms with van der Waals surface area (Å²) in [7, 11) is 1.56. The van der Waals surface area contributed by atoms with E-state index in [0.29, 0.717) is 22.2 Å². The Morgan fingerprint density at radius 3 is 2.65 bits per heavy atom. The molecule has 2 unspecified atom stereocenters. The van der Waals surface area contributed by atoms with Gasteiger partial charge in [-0.05, 0) is 37.5 Å². The number of ether oxygens (including phenoxy) is 1. The fourth-order valence-electron chi connectivity index (χ4n) is 1.76. The van der Waals surface area contributed by atoms with Crippen molar-refractivity contribution in [3.8, 4) is 5.75 Å². The van der Waals surface area contributed by atoms with Crippen molar-refractivity contribution in [2.45, 2.75) is 38.8 Å². The van der Waals surface area contributed by atoms with Crippen molar-refractivity contribution in [2.24, 2.45) is 5.73 Å². The number of likely N-dealkylation sites (N-methyl/N-ethyl adjacent to an activating group) is 1. The summed E-state index contributed by atoms with van der Waals surface area (Å²) >= 11 is 12.2. The van der Waals surface area contributed by atoms with E-state index < -0.39 is 6.10 Å². The number of nitrogens with two attached hydrogens (primary N) is 1. The number of carbonyl (C=O) groups excluding carboxylic acids is 1. The first-order chi connectivity index (χ1) is 9.38. The molecule has 0 aliphatic carbocycles. The van der Waals surface area contributed by atoms with Crippen LogP contribution in [0.2, 0.25) is 10.0 Å². The van der Waals surface area contributed by atoms with Gasteiger partial charge in [0.05, 0.1) is 5.02 Å². The fraction of sp³-hybridized carbons (Fsp3) is 0.500. The summed E-state index contributed by atoms with van der Waals surface area (Å²) in [6.45, 7) is 3.66. The molecule has 1 amide bonds. The number of hydrogen-bond acceptors (Lipinski definition) is 3. The lowest BCUT2D eigenvalue weighted by Crippen LogP contribution is -2.34. The SMILES string of the molecule is CCC(N)Cc1cc(Cl)cc(Cl)c1OC(C)C(=O)NC. The maximum Gasteiger partial charge on any atom is 0.260 e. The zero-order valence-corrected chi connectivity index (χ0v) is 13.4. The number of benzene rings is 1. The molecule has 0 aromatic heterocycles. The maximum atomic E-state index is 11.6. The Kier molecular flexibility index (Phi) is 6.59. The third kappa shape index (κ3) is 4.54. The van der Waals surface area contributed by atoms with E-state index in [-0.39, 0.29) is 11.9 Å². The number of halogens is 2. The first-order valence-corrected chi connectivity index (χ1v) is 7.26. The summed E-state index contributed by atoms with van der Waals surface area (Å²) in [6.07, 6.45) is 0.775. The van der Waals surface area contributed by atoms with Gasteiger partial charge in [0.1, 0.15) is 5.75 Å². The van der Waals surface area contributed by atoms with E-state index >= 15 is 0 Å². The van der Waals surface area contributed by atoms with Crippen LogP contribution in [0.1, 0.15) is 25.8 Å². The monoisotopic (exact) mass is 318 g/mol. The topological polar surface area (TPSA) is 64.3 Å². The third-order valence-electron chi connectivity index (χ3n) is 3.00. The highest BCUT2D eigenvalue weighted by atomic mass is 35.5. The summed E-state index contributed by atoms with van der Waals surface area (Å²) < 4.78 is 5.67. The van der Waals surface area contributed by atoms with Crippen LogP contribution in [0.4, 0.5) is 0 Å². The highest BCUT2D eigenvalue weighted by molar-refractivity contribution is 6.35. The summed E-state index contributed by atoms with van der Waals surface area (Å²) in [6, 6.07) is 3.35. The number of amides is 1. The van der Waals surface area contributed by atoms with Crippen LogP contribution in [0, 0.1) is 0 Å². The van der Waals surface area contributed by atoms with Gasteiger partial charge in [0.25, 0.3) is 5.91 Å². The Morgan fingerprint density at radius 2 is 2.10 bits per heavy atom. The Hall–Kier alpha value is -0.970. The normalized spacial score (nSPS) is 13.7. The molecule has 3 N–H and O–H groups in total. The van der Waals surface area contributed by atoms with Gasteiger partial charge in [-0.25, -0.2) is 0 Å². The minimum Gasteiger partial charge on any atom is -0.479 e. The molecular formula is C14H20Cl2N2O2. The summed E-state index contributed by atoms with van der Waals surface area (Å²) in [5.74, 6) is 0.248. The predicted molar refractivity (Wildman–Crippen MR) is 82.6 cm³/mol. The highest BCUT2D eigenvalue weighted by Gasteiger charge is 2.19. The Labute approximate surface area is 129 Å². The summed E-state index contributed by atoms with van der Waals surface area (Å²) in [4.78, 5) is 11.6. The molecule has 2 atom stereocenters. The molecule has 1 rings (SSSR count). The lowest BCUT2D eigenvalue weighted by molar-refractivity contribution is -0.126. The molecule has 6 heteroatoms. The zero-order valence-electron chi connectivity index (χ0n) is 11.9. The van der Waals surface area contributed by atoms with Crippen LogP contribution in [-0.2, 0) is 11.2 Å². The van der Waals surface area contributed by atoms with Crippen molar-refractivity contribution in [1.82, 2.24) is 5.32 Å². The first kappa shape index (κ1) is 17.1. The van der Waals surface area contributed by atoms with E-state index in [0.717, 1.165) is 12.0 Å². The van der Waals surface area contributed by atoms with Crippen LogP contribution >= 0.6 is 23.2 Å². The molecule has 0 saturated carbocycles. The van der Waals surface area contributed by atoms with E-state index in [9.17, 15) is 4.79 Å². The molecule has 0 aliphatic heterocycles. The molecule has 0 aliphatic rings. The molecule has 0 saturated heterocycles. The van der Waals surface area contributed by atoms with Crippen LogP contribution in [0.25, 0.3) is 0 Å². The van der Waals surface area contributed by atoms with Gasteiger partial charge < -0.3 is 15.8 Å². The fourth-order valence-corrected chi connectivity index (χ4v) is 2.34. The standard InChI is InChI=1S/C14H20Cl2N2O2/c1-4-11(17)6-9-5-10(15)7-12(16)13(9)20-8(2)14(19)18-3/h5,7-8,11H,4,6,17H2,1-3H3,(H,18,19). The number of nitrogens with one attached hydrogen (secondary N) is 1. The van der Waals surface area contributed by atoms with Crippen molar-refractivity contribution in [2.75, 3.05) is 7.05 Å². The van der Waals surface area contributed by atoms with Crippen molar-refractivity contribution in [1.29, 1.82) is 0 Å². The average Bonchev–Trinajstić information content (AvgIpc) is 2.41. The molecule has 0 bridgehead atoms. The summed E-state index contributed by atoms with van der Waals surface area (Å²) in [5.41, 5.74) is 6.78. The molecule has 112 valence electrons. The van der Waals surface area contributed by atoms with Gasteiger partial charge in [-0.15, -0.1) is 0 Å². The smallest absolute Gasteiger partial charge is 0.260 e. The minimum atomic E-state index is -0.643. The largest absolute Gasteiger partial charge is 0.479 e. The highest BCUT2D eigenvalue weighted by Crippen LogP contribution is 2.34. The second-order valence-corrected chi connectivity index (χ2v) is 5.47. The Balaban J connectivity index is 3.06. The zero-order chi connectivity index (χ0) is 15.3. The van der Waals surface area contributed by atoms with Crippen LogP contribution < -0.4 is 15.8 Å². The average molecular weight is 319 g/mol. The van der Waals surface area contributed by atoms with Gasteiger partial charge in [-0.3, -0.25) is 4.79 Å². The van der Waals surface area contributed by atoms with Gasteiger partial charge >= 0.3 is 0 Å². The summed E-state index contributed by atoms with van der Waals surface area (Å²) in [5, 5.41) is 3.43. The van der Waals surface area contributed by atoms with E-state index in [1.165, 1.54) is 0 Å². The molecule has 1 aromatic carbocycles. The number of rotatable bonds is 6. The number of hydrogen-bond donors (Lipinski definition) is 2. The molecule has 4 nitrogen and oxygen atoms in total. The van der Waals surface area contributed by atoms with Crippen LogP contribution in [-0.4, -0.2) is 25.1 Å². The molecule has 0 heterocycles. The van der Waals surface area contributed by atoms with Crippen molar-refractivity contribution in [3.05, 3.63) is 27.7 Å². The molecule has 20 heavy (non-hydrogen) atoms. The Morgan fingerprint density at radius 1 is 1.45 bits per heavy atom. The van der Waals surface area contributed by atoms with E-state index in [1.807, 2.05) is 6.92 Å². The minimum absolute atomic E-state index is 0.0119. The van der Waals surface area contributed by atoms with Crippen molar-refractivity contribution < 1.29 is 9.53 Å². The van der Waals surface area contributed by atoms with E-state index in [1.54, 1.807) is 26.1 Å². The van der Waals surface area contributed by atoms with Gasteiger partial charge in [-0.1, -0.05) is 30.1 Å². The lowest BCUT2D eigenvalue weighted by Gasteiger charge is -2.19. The molecule has 0 fully saturated rings. The van der Waals surface area contributed by atoms with Gasteiger partial charge in [-0.2, -0.15) is 0 Å². The third-order valence-corrected chi connectivity index (χ3v) is 3.50. The lowest BCUT2D eigenvalue weighted by atomic mass is 10.0. The maximum absolute atomic E-state index is 11.6. The molecule has 0 radical (unpaired) electrons. The molecule has 0 spiro atoms. The number of carbonyl (C=O) groups is 1. The second-order valence-electron chi connectivity index (χ2n) is 4.62. The van der Waals surface area contributed by atoms with Crippen molar-refractivity contribution >= 4 is 29.1 Å². The second kappa shape index (κ2) is 7.72.